The molecule has 1 aromatic heterocycles. The zero-order chi connectivity index (χ0) is 13.8. The van der Waals surface area contributed by atoms with Gasteiger partial charge >= 0.3 is 5.69 Å². The van der Waals surface area contributed by atoms with E-state index < -0.39 is 4.92 Å². The maximum absolute atomic E-state index is 11.0. The lowest BCUT2D eigenvalue weighted by molar-refractivity contribution is -0.383. The number of nitrogen functional groups attached to an aromatic ring is 1. The molecule has 0 aliphatic rings. The number of nitro benzene ring substituents is 1. The zero-order valence-corrected chi connectivity index (χ0v) is 10.4. The number of para-hydroxylation sites is 1. The largest absolute Gasteiger partial charge is 0.393 e. The minimum Gasteiger partial charge on any atom is -0.393 e. The van der Waals surface area contributed by atoms with E-state index in [1.165, 1.54) is 6.07 Å². The van der Waals surface area contributed by atoms with Crippen molar-refractivity contribution in [3.63, 3.8) is 0 Å². The number of rotatable bonds is 4. The van der Waals surface area contributed by atoms with Crippen LogP contribution in [0.2, 0.25) is 0 Å². The third kappa shape index (κ3) is 2.79. The predicted molar refractivity (Wildman–Crippen MR) is 73.8 cm³/mol. The average Bonchev–Trinajstić information content (AvgIpc) is 2.39. The normalized spacial score (nSPS) is 11.8. The summed E-state index contributed by atoms with van der Waals surface area (Å²) in [5, 5.41) is 14.1. The second-order valence-corrected chi connectivity index (χ2v) is 4.12. The zero-order valence-electron chi connectivity index (χ0n) is 10.4. The van der Waals surface area contributed by atoms with E-state index >= 15 is 0 Å². The van der Waals surface area contributed by atoms with Crippen molar-refractivity contribution in [1.82, 2.24) is 4.98 Å². The molecule has 3 N–H and O–H groups in total. The summed E-state index contributed by atoms with van der Waals surface area (Å²) >= 11 is 0. The Labute approximate surface area is 110 Å². The smallest absolute Gasteiger partial charge is 0.314 e. The van der Waals surface area contributed by atoms with Gasteiger partial charge in [0.15, 0.2) is 0 Å². The summed E-state index contributed by atoms with van der Waals surface area (Å²) in [6.45, 7) is 1.88. The van der Waals surface area contributed by atoms with Gasteiger partial charge in [-0.2, -0.15) is 0 Å². The molecule has 2 rings (SSSR count). The molecule has 1 aromatic carbocycles. The Kier molecular flexibility index (Phi) is 3.61. The SMILES string of the molecule is CC(Nc1cccc(N)c1[N+](=O)[O-])c1ccccn1. The first-order chi connectivity index (χ1) is 9.09. The molecule has 0 fully saturated rings. The molecule has 0 radical (unpaired) electrons. The highest BCUT2D eigenvalue weighted by molar-refractivity contribution is 5.74. The first kappa shape index (κ1) is 12.8. The second-order valence-electron chi connectivity index (χ2n) is 4.12. The number of hydrogen-bond donors (Lipinski definition) is 2. The van der Waals surface area contributed by atoms with Crippen molar-refractivity contribution in [3.8, 4) is 0 Å². The molecule has 6 nitrogen and oxygen atoms in total. The Morgan fingerprint density at radius 3 is 2.74 bits per heavy atom. The fourth-order valence-electron chi connectivity index (χ4n) is 1.82. The first-order valence-corrected chi connectivity index (χ1v) is 5.80. The van der Waals surface area contributed by atoms with Gasteiger partial charge in [-0.05, 0) is 31.2 Å². The molecule has 0 amide bonds. The van der Waals surface area contributed by atoms with Crippen molar-refractivity contribution in [2.75, 3.05) is 11.1 Å². The van der Waals surface area contributed by atoms with Crippen LogP contribution in [0, 0.1) is 10.1 Å². The number of aromatic nitrogens is 1. The van der Waals surface area contributed by atoms with E-state index in [9.17, 15) is 10.1 Å². The monoisotopic (exact) mass is 258 g/mol. The molecule has 0 bridgehead atoms. The van der Waals surface area contributed by atoms with E-state index in [1.807, 2.05) is 25.1 Å². The lowest BCUT2D eigenvalue weighted by Gasteiger charge is -2.15. The van der Waals surface area contributed by atoms with Crippen molar-refractivity contribution in [1.29, 1.82) is 0 Å². The van der Waals surface area contributed by atoms with E-state index in [0.29, 0.717) is 5.69 Å². The molecule has 2 aromatic rings. The molecule has 0 aliphatic carbocycles. The molecule has 0 aliphatic heterocycles. The number of nitrogens with one attached hydrogen (secondary N) is 1. The molecule has 0 saturated carbocycles. The maximum Gasteiger partial charge on any atom is 0.314 e. The third-order valence-corrected chi connectivity index (χ3v) is 2.75. The first-order valence-electron chi connectivity index (χ1n) is 5.80. The maximum atomic E-state index is 11.0. The van der Waals surface area contributed by atoms with Crippen LogP contribution in [0.4, 0.5) is 17.1 Å². The average molecular weight is 258 g/mol. The van der Waals surface area contributed by atoms with Gasteiger partial charge in [0.05, 0.1) is 16.7 Å². The van der Waals surface area contributed by atoms with Crippen LogP contribution in [-0.4, -0.2) is 9.91 Å². The molecule has 98 valence electrons. The van der Waals surface area contributed by atoms with Gasteiger partial charge in [-0.1, -0.05) is 12.1 Å². The number of nitrogens with zero attached hydrogens (tertiary/aromatic N) is 2. The molecule has 0 saturated heterocycles. The van der Waals surface area contributed by atoms with Crippen molar-refractivity contribution in [3.05, 3.63) is 58.4 Å². The number of nitrogens with two attached hydrogens (primary N) is 1. The van der Waals surface area contributed by atoms with Crippen LogP contribution in [0.5, 0.6) is 0 Å². The van der Waals surface area contributed by atoms with Gasteiger partial charge in [-0.15, -0.1) is 0 Å². The van der Waals surface area contributed by atoms with Gasteiger partial charge in [-0.3, -0.25) is 15.1 Å². The Bertz CT molecular complexity index is 586. The number of nitro groups is 1. The van der Waals surface area contributed by atoms with Gasteiger partial charge in [0.1, 0.15) is 11.4 Å². The standard InChI is InChI=1S/C13H14N4O2/c1-9(11-6-2-3-8-15-11)16-12-7-4-5-10(14)13(12)17(18)19/h2-9,16H,14H2,1H3. The summed E-state index contributed by atoms with van der Waals surface area (Å²) in [4.78, 5) is 14.8. The Morgan fingerprint density at radius 1 is 1.32 bits per heavy atom. The number of anilines is 2. The Morgan fingerprint density at radius 2 is 2.11 bits per heavy atom. The van der Waals surface area contributed by atoms with Gasteiger partial charge in [0, 0.05) is 6.20 Å². The lowest BCUT2D eigenvalue weighted by Crippen LogP contribution is -2.10. The number of benzene rings is 1. The fraction of sp³-hybridized carbons (Fsp3) is 0.154. The number of hydrogen-bond acceptors (Lipinski definition) is 5. The van der Waals surface area contributed by atoms with Gasteiger partial charge in [0.25, 0.3) is 0 Å². The fourth-order valence-corrected chi connectivity index (χ4v) is 1.82. The summed E-state index contributed by atoms with van der Waals surface area (Å²) in [5.74, 6) is 0. The van der Waals surface area contributed by atoms with Crippen molar-refractivity contribution in [2.24, 2.45) is 0 Å². The highest BCUT2D eigenvalue weighted by atomic mass is 16.6. The van der Waals surface area contributed by atoms with Crippen molar-refractivity contribution < 1.29 is 4.92 Å². The van der Waals surface area contributed by atoms with Crippen molar-refractivity contribution in [2.45, 2.75) is 13.0 Å². The van der Waals surface area contributed by atoms with Gasteiger partial charge in [-0.25, -0.2) is 0 Å². The van der Waals surface area contributed by atoms with Crippen LogP contribution in [-0.2, 0) is 0 Å². The lowest BCUT2D eigenvalue weighted by atomic mass is 10.1. The molecular weight excluding hydrogens is 244 g/mol. The van der Waals surface area contributed by atoms with Gasteiger partial charge < -0.3 is 11.1 Å². The Balaban J connectivity index is 2.29. The van der Waals surface area contributed by atoms with E-state index in [-0.39, 0.29) is 17.4 Å². The molecule has 1 unspecified atom stereocenters. The third-order valence-electron chi connectivity index (χ3n) is 2.75. The predicted octanol–water partition coefficient (Wildman–Crippen LogP) is 2.75. The summed E-state index contributed by atoms with van der Waals surface area (Å²) < 4.78 is 0. The van der Waals surface area contributed by atoms with E-state index in [2.05, 4.69) is 10.3 Å². The van der Waals surface area contributed by atoms with Crippen LogP contribution in [0.3, 0.4) is 0 Å². The van der Waals surface area contributed by atoms with E-state index in [0.717, 1.165) is 5.69 Å². The van der Waals surface area contributed by atoms with Crippen LogP contribution in [0.1, 0.15) is 18.7 Å². The quantitative estimate of drug-likeness (QED) is 0.499. The molecule has 1 heterocycles. The van der Waals surface area contributed by atoms with E-state index in [4.69, 9.17) is 5.73 Å². The minimum absolute atomic E-state index is 0.106. The van der Waals surface area contributed by atoms with E-state index in [1.54, 1.807) is 18.3 Å². The van der Waals surface area contributed by atoms with Crippen LogP contribution in [0.25, 0.3) is 0 Å². The Hall–Kier alpha value is -2.63. The summed E-state index contributed by atoms with van der Waals surface area (Å²) in [6.07, 6.45) is 1.68. The van der Waals surface area contributed by atoms with Crippen LogP contribution in [0.15, 0.2) is 42.6 Å². The van der Waals surface area contributed by atoms with Crippen LogP contribution < -0.4 is 11.1 Å². The molecule has 19 heavy (non-hydrogen) atoms. The summed E-state index contributed by atoms with van der Waals surface area (Å²) in [5.41, 5.74) is 6.87. The number of pyridine rings is 1. The minimum atomic E-state index is -0.483. The molecule has 0 spiro atoms. The summed E-state index contributed by atoms with van der Waals surface area (Å²) in [7, 11) is 0. The van der Waals surface area contributed by atoms with Crippen molar-refractivity contribution >= 4 is 17.1 Å². The summed E-state index contributed by atoms with van der Waals surface area (Å²) in [6, 6.07) is 10.2. The molecular formula is C13H14N4O2. The second kappa shape index (κ2) is 5.34. The topological polar surface area (TPSA) is 94.1 Å². The highest BCUT2D eigenvalue weighted by Gasteiger charge is 2.19. The van der Waals surface area contributed by atoms with Crippen LogP contribution >= 0.6 is 0 Å². The van der Waals surface area contributed by atoms with Gasteiger partial charge in [0.2, 0.25) is 0 Å². The molecule has 6 heteroatoms. The highest BCUT2D eigenvalue weighted by Crippen LogP contribution is 2.32. The molecule has 1 atom stereocenters.